The second kappa shape index (κ2) is 3.45. The van der Waals surface area contributed by atoms with E-state index in [1.165, 1.54) is 0 Å². The molecule has 1 unspecified atom stereocenters. The van der Waals surface area contributed by atoms with Crippen molar-refractivity contribution in [2.24, 2.45) is 5.73 Å². The number of nitrogens with two attached hydrogens (primary N) is 1. The molecule has 0 aliphatic heterocycles. The molecular formula is C6H15N3. The van der Waals surface area contributed by atoms with E-state index in [0.29, 0.717) is 12.5 Å². The molecule has 0 radical (unpaired) electrons. The van der Waals surface area contributed by atoms with Crippen molar-refractivity contribution in [3.63, 3.8) is 0 Å². The monoisotopic (exact) mass is 129 g/mol. The molecule has 0 saturated carbocycles. The molecule has 54 valence electrons. The van der Waals surface area contributed by atoms with E-state index in [1.807, 2.05) is 25.9 Å². The SMILES string of the molecule is CC(CC(=N)N)N(C)C. The summed E-state index contributed by atoms with van der Waals surface area (Å²) in [6, 6.07) is 0.377. The molecule has 3 nitrogen and oxygen atoms in total. The average molecular weight is 129 g/mol. The summed E-state index contributed by atoms with van der Waals surface area (Å²) < 4.78 is 0. The average Bonchev–Trinajstić information content (AvgIpc) is 1.63. The maximum Gasteiger partial charge on any atom is 0.0920 e. The third kappa shape index (κ3) is 3.97. The van der Waals surface area contributed by atoms with Crippen LogP contribution in [0.4, 0.5) is 0 Å². The molecule has 3 heteroatoms. The second-order valence-corrected chi connectivity index (χ2v) is 2.54. The molecule has 0 saturated heterocycles. The van der Waals surface area contributed by atoms with Gasteiger partial charge < -0.3 is 10.6 Å². The zero-order valence-electron chi connectivity index (χ0n) is 6.31. The molecule has 3 N–H and O–H groups in total. The molecule has 0 fully saturated rings. The Balaban J connectivity index is 3.50. The van der Waals surface area contributed by atoms with Crippen LogP contribution in [0.2, 0.25) is 0 Å². The number of rotatable bonds is 3. The molecule has 0 aliphatic carbocycles. The highest BCUT2D eigenvalue weighted by molar-refractivity contribution is 5.77. The maximum absolute atomic E-state index is 6.97. The zero-order chi connectivity index (χ0) is 7.44. The number of nitrogens with zero attached hydrogens (tertiary/aromatic N) is 1. The molecule has 0 heterocycles. The van der Waals surface area contributed by atoms with Gasteiger partial charge in [-0.15, -0.1) is 0 Å². The fraction of sp³-hybridized carbons (Fsp3) is 0.833. The lowest BCUT2D eigenvalue weighted by Gasteiger charge is -2.18. The fourth-order valence-electron chi connectivity index (χ4n) is 0.501. The number of hydrogen-bond donors (Lipinski definition) is 2. The summed E-state index contributed by atoms with van der Waals surface area (Å²) in [6.45, 7) is 2.04. The van der Waals surface area contributed by atoms with Gasteiger partial charge in [-0.25, -0.2) is 0 Å². The van der Waals surface area contributed by atoms with E-state index in [0.717, 1.165) is 0 Å². The van der Waals surface area contributed by atoms with Crippen molar-refractivity contribution in [1.82, 2.24) is 4.90 Å². The first kappa shape index (κ1) is 8.43. The van der Waals surface area contributed by atoms with E-state index in [9.17, 15) is 0 Å². The van der Waals surface area contributed by atoms with Crippen LogP contribution in [-0.2, 0) is 0 Å². The lowest BCUT2D eigenvalue weighted by molar-refractivity contribution is 0.320. The first-order valence-electron chi connectivity index (χ1n) is 3.03. The zero-order valence-corrected chi connectivity index (χ0v) is 6.31. The van der Waals surface area contributed by atoms with Crippen LogP contribution in [-0.4, -0.2) is 30.9 Å². The first-order valence-corrected chi connectivity index (χ1v) is 3.03. The van der Waals surface area contributed by atoms with Gasteiger partial charge >= 0.3 is 0 Å². The fourth-order valence-corrected chi connectivity index (χ4v) is 0.501. The Morgan fingerprint density at radius 2 is 2.11 bits per heavy atom. The quantitative estimate of drug-likeness (QED) is 0.424. The lowest BCUT2D eigenvalue weighted by atomic mass is 10.2. The van der Waals surface area contributed by atoms with E-state index in [4.69, 9.17) is 11.1 Å². The summed E-state index contributed by atoms with van der Waals surface area (Å²) in [4.78, 5) is 2.04. The van der Waals surface area contributed by atoms with Crippen LogP contribution in [0.15, 0.2) is 0 Å². The third-order valence-corrected chi connectivity index (χ3v) is 1.40. The molecule has 0 aliphatic rings. The van der Waals surface area contributed by atoms with Gasteiger partial charge in [-0.3, -0.25) is 5.41 Å². The molecule has 0 amide bonds. The van der Waals surface area contributed by atoms with Crippen molar-refractivity contribution >= 4 is 5.84 Å². The van der Waals surface area contributed by atoms with Crippen LogP contribution >= 0.6 is 0 Å². The van der Waals surface area contributed by atoms with Gasteiger partial charge in [0.2, 0.25) is 0 Å². The molecule has 0 spiro atoms. The molecule has 0 bridgehead atoms. The summed E-state index contributed by atoms with van der Waals surface area (Å²) in [5.41, 5.74) is 5.19. The Hall–Kier alpha value is -0.570. The van der Waals surface area contributed by atoms with E-state index < -0.39 is 0 Å². The van der Waals surface area contributed by atoms with Gasteiger partial charge in [0.25, 0.3) is 0 Å². The highest BCUT2D eigenvalue weighted by Gasteiger charge is 2.04. The van der Waals surface area contributed by atoms with E-state index in [-0.39, 0.29) is 5.84 Å². The molecule has 0 rings (SSSR count). The topological polar surface area (TPSA) is 53.1 Å². The third-order valence-electron chi connectivity index (χ3n) is 1.40. The van der Waals surface area contributed by atoms with Crippen molar-refractivity contribution < 1.29 is 0 Å². The minimum absolute atomic E-state index is 0.260. The normalized spacial score (nSPS) is 13.8. The van der Waals surface area contributed by atoms with E-state index >= 15 is 0 Å². The molecule has 0 aromatic carbocycles. The summed E-state index contributed by atoms with van der Waals surface area (Å²) in [5, 5.41) is 6.97. The van der Waals surface area contributed by atoms with Crippen molar-refractivity contribution in [3.05, 3.63) is 0 Å². The van der Waals surface area contributed by atoms with Crippen molar-refractivity contribution in [2.45, 2.75) is 19.4 Å². The van der Waals surface area contributed by atoms with Gasteiger partial charge in [0.15, 0.2) is 0 Å². The Morgan fingerprint density at radius 3 is 2.22 bits per heavy atom. The predicted octanol–water partition coefficient (Wildman–Crippen LogP) is 0.263. The Kier molecular flexibility index (Phi) is 3.24. The largest absolute Gasteiger partial charge is 0.388 e. The Bertz CT molecular complexity index is 98.5. The van der Waals surface area contributed by atoms with Crippen LogP contribution in [0.25, 0.3) is 0 Å². The van der Waals surface area contributed by atoms with Crippen molar-refractivity contribution in [1.29, 1.82) is 5.41 Å². The van der Waals surface area contributed by atoms with Gasteiger partial charge in [-0.2, -0.15) is 0 Å². The number of nitrogens with one attached hydrogen (secondary N) is 1. The van der Waals surface area contributed by atoms with E-state index in [1.54, 1.807) is 0 Å². The van der Waals surface area contributed by atoms with Crippen LogP contribution < -0.4 is 5.73 Å². The molecule has 0 aromatic heterocycles. The molecule has 0 aromatic rings. The minimum atomic E-state index is 0.260. The maximum atomic E-state index is 6.97. The predicted molar refractivity (Wildman–Crippen MR) is 39.7 cm³/mol. The van der Waals surface area contributed by atoms with Gasteiger partial charge in [-0.1, -0.05) is 0 Å². The summed E-state index contributed by atoms with van der Waals surface area (Å²) in [5.74, 6) is 0.260. The van der Waals surface area contributed by atoms with Crippen LogP contribution in [0.3, 0.4) is 0 Å². The standard InChI is InChI=1S/C6H15N3/c1-5(9(2)3)4-6(7)8/h5H,4H2,1-3H3,(H3,7,8). The highest BCUT2D eigenvalue weighted by Crippen LogP contribution is 1.95. The van der Waals surface area contributed by atoms with Gasteiger partial charge in [0.05, 0.1) is 5.84 Å². The Morgan fingerprint density at radius 1 is 1.67 bits per heavy atom. The Labute approximate surface area is 56.3 Å². The van der Waals surface area contributed by atoms with Crippen molar-refractivity contribution in [2.75, 3.05) is 14.1 Å². The second-order valence-electron chi connectivity index (χ2n) is 2.54. The summed E-state index contributed by atoms with van der Waals surface area (Å²) in [7, 11) is 3.96. The van der Waals surface area contributed by atoms with Crippen molar-refractivity contribution in [3.8, 4) is 0 Å². The number of hydrogen-bond acceptors (Lipinski definition) is 2. The van der Waals surface area contributed by atoms with E-state index in [2.05, 4.69) is 0 Å². The van der Waals surface area contributed by atoms with Crippen LogP contribution in [0.1, 0.15) is 13.3 Å². The summed E-state index contributed by atoms with van der Waals surface area (Å²) in [6.07, 6.45) is 0.660. The molecule has 9 heavy (non-hydrogen) atoms. The van der Waals surface area contributed by atoms with Crippen LogP contribution in [0, 0.1) is 5.41 Å². The first-order chi connectivity index (χ1) is 4.04. The highest BCUT2D eigenvalue weighted by atomic mass is 15.1. The lowest BCUT2D eigenvalue weighted by Crippen LogP contribution is -2.29. The molecule has 1 atom stereocenters. The number of amidine groups is 1. The minimum Gasteiger partial charge on any atom is -0.388 e. The van der Waals surface area contributed by atoms with Gasteiger partial charge in [-0.05, 0) is 21.0 Å². The summed E-state index contributed by atoms with van der Waals surface area (Å²) >= 11 is 0. The van der Waals surface area contributed by atoms with Gasteiger partial charge in [0.1, 0.15) is 0 Å². The molecular weight excluding hydrogens is 114 g/mol. The van der Waals surface area contributed by atoms with Gasteiger partial charge in [0, 0.05) is 12.5 Å². The smallest absolute Gasteiger partial charge is 0.0920 e. The van der Waals surface area contributed by atoms with Crippen LogP contribution in [0.5, 0.6) is 0 Å².